The van der Waals surface area contributed by atoms with Gasteiger partial charge in [-0.15, -0.1) is 11.3 Å². The Hall–Kier alpha value is 0.252. The monoisotopic (exact) mass is 281 g/mol. The zero-order valence-corrected chi connectivity index (χ0v) is 11.5. The Balaban J connectivity index is 0.000000605. The van der Waals surface area contributed by atoms with Crippen LogP contribution in [0.3, 0.4) is 0 Å². The van der Waals surface area contributed by atoms with Crippen molar-refractivity contribution >= 4 is 33.8 Å². The third kappa shape index (κ3) is 1.88. The summed E-state index contributed by atoms with van der Waals surface area (Å²) in [6.07, 6.45) is 0. The predicted octanol–water partition coefficient (Wildman–Crippen LogP) is 2.96. The van der Waals surface area contributed by atoms with Gasteiger partial charge < -0.3 is 4.98 Å². The Morgan fingerprint density at radius 1 is 1.27 bits per heavy atom. The van der Waals surface area contributed by atoms with Crippen molar-refractivity contribution < 1.29 is 27.3 Å². The zero-order chi connectivity index (χ0) is 6.97. The maximum Gasteiger partial charge on any atom is 0.159 e. The van der Waals surface area contributed by atoms with Crippen LogP contribution in [0.25, 0.3) is 10.2 Å². The van der Waals surface area contributed by atoms with Crippen LogP contribution < -0.4 is 0 Å². The van der Waals surface area contributed by atoms with Crippen LogP contribution in [0.15, 0.2) is 24.3 Å². The van der Waals surface area contributed by atoms with E-state index in [4.69, 9.17) is 12.2 Å². The minimum atomic E-state index is 0. The van der Waals surface area contributed by atoms with Crippen molar-refractivity contribution in [1.29, 1.82) is 0 Å². The molecular weight excluding hydrogens is 275 g/mol. The van der Waals surface area contributed by atoms with Crippen LogP contribution in [0.1, 0.15) is 0 Å². The van der Waals surface area contributed by atoms with Gasteiger partial charge in [0.1, 0.15) is 0 Å². The number of fused-ring (bicyclic) bond motifs is 1. The number of rotatable bonds is 0. The molecule has 0 aliphatic rings. The first-order valence-corrected chi connectivity index (χ1v) is 4.16. The van der Waals surface area contributed by atoms with E-state index in [1.807, 2.05) is 18.2 Å². The molecule has 0 bridgehead atoms. The number of H-pyrrole nitrogens is 1. The topological polar surface area (TPSA) is 15.8 Å². The Bertz CT molecular complexity index is 368. The summed E-state index contributed by atoms with van der Waals surface area (Å²) < 4.78 is 2.08. The fourth-order valence-corrected chi connectivity index (χ4v) is 2.01. The third-order valence-corrected chi connectivity index (χ3v) is 2.54. The summed E-state index contributed by atoms with van der Waals surface area (Å²) >= 11 is 6.59. The molecule has 0 unspecified atom stereocenters. The van der Waals surface area contributed by atoms with Gasteiger partial charge in [-0.05, 0) is 24.4 Å². The SMILES string of the molecule is S=c1[nH]c2ccccc2s1.[Cd]. The molecule has 0 spiro atoms. The van der Waals surface area contributed by atoms with E-state index in [1.165, 1.54) is 4.70 Å². The second kappa shape index (κ2) is 3.77. The molecule has 0 fully saturated rings. The van der Waals surface area contributed by atoms with Crippen molar-refractivity contribution in [2.75, 3.05) is 0 Å². The van der Waals surface area contributed by atoms with E-state index in [0.29, 0.717) is 0 Å². The van der Waals surface area contributed by atoms with E-state index in [2.05, 4.69) is 11.1 Å². The number of aromatic nitrogens is 1. The van der Waals surface area contributed by atoms with E-state index in [0.717, 1.165) is 9.47 Å². The van der Waals surface area contributed by atoms with Crippen molar-refractivity contribution in [3.8, 4) is 0 Å². The van der Waals surface area contributed by atoms with Gasteiger partial charge in [0, 0.05) is 27.3 Å². The average Bonchev–Trinajstić information content (AvgIpc) is 2.27. The molecule has 52 valence electrons. The quantitative estimate of drug-likeness (QED) is 0.579. The molecule has 1 heterocycles. The van der Waals surface area contributed by atoms with E-state index in [9.17, 15) is 0 Å². The minimum absolute atomic E-state index is 0. The summed E-state index contributed by atoms with van der Waals surface area (Å²) in [5.74, 6) is 0. The summed E-state index contributed by atoms with van der Waals surface area (Å²) in [7, 11) is 0. The number of hydrogen-bond donors (Lipinski definition) is 1. The van der Waals surface area contributed by atoms with Crippen LogP contribution in [0.5, 0.6) is 0 Å². The first-order valence-electron chi connectivity index (χ1n) is 2.94. The molecule has 4 heteroatoms. The maximum atomic E-state index is 4.98. The molecule has 0 amide bonds. The van der Waals surface area contributed by atoms with Crippen LogP contribution in [-0.2, 0) is 27.3 Å². The van der Waals surface area contributed by atoms with Crippen LogP contribution in [0.2, 0.25) is 0 Å². The van der Waals surface area contributed by atoms with Gasteiger partial charge in [-0.1, -0.05) is 12.1 Å². The molecule has 2 rings (SSSR count). The predicted molar refractivity (Wildman–Crippen MR) is 47.0 cm³/mol. The molecular formula is C7H5CdNS2. The first kappa shape index (κ1) is 9.34. The average molecular weight is 280 g/mol. The number of aromatic amines is 1. The van der Waals surface area contributed by atoms with Gasteiger partial charge in [0.25, 0.3) is 0 Å². The molecule has 0 aliphatic carbocycles. The number of benzene rings is 1. The van der Waals surface area contributed by atoms with E-state index < -0.39 is 0 Å². The Labute approximate surface area is 93.6 Å². The van der Waals surface area contributed by atoms with Crippen LogP contribution in [0.4, 0.5) is 0 Å². The summed E-state index contributed by atoms with van der Waals surface area (Å²) in [5, 5.41) is 0. The molecule has 0 saturated heterocycles. The molecule has 0 aliphatic heterocycles. The fourth-order valence-electron chi connectivity index (χ4n) is 0.894. The number of hydrogen-bond acceptors (Lipinski definition) is 2. The molecule has 0 saturated carbocycles. The van der Waals surface area contributed by atoms with Crippen molar-refractivity contribution in [2.45, 2.75) is 0 Å². The van der Waals surface area contributed by atoms with E-state index >= 15 is 0 Å². The Morgan fingerprint density at radius 3 is 2.73 bits per heavy atom. The van der Waals surface area contributed by atoms with E-state index in [1.54, 1.807) is 11.3 Å². The third-order valence-electron chi connectivity index (χ3n) is 1.33. The van der Waals surface area contributed by atoms with Crippen molar-refractivity contribution in [1.82, 2.24) is 4.98 Å². The maximum absolute atomic E-state index is 4.98. The molecule has 1 N–H and O–H groups in total. The van der Waals surface area contributed by atoms with Gasteiger partial charge in [-0.2, -0.15) is 0 Å². The Morgan fingerprint density at radius 2 is 2.00 bits per heavy atom. The summed E-state index contributed by atoms with van der Waals surface area (Å²) in [4.78, 5) is 3.09. The number of nitrogens with one attached hydrogen (secondary N) is 1. The van der Waals surface area contributed by atoms with Gasteiger partial charge in [0.15, 0.2) is 3.95 Å². The van der Waals surface area contributed by atoms with Crippen LogP contribution in [0, 0.1) is 3.95 Å². The fraction of sp³-hybridized carbons (Fsp3) is 0. The van der Waals surface area contributed by atoms with Gasteiger partial charge >= 0.3 is 0 Å². The van der Waals surface area contributed by atoms with Gasteiger partial charge in [-0.25, -0.2) is 0 Å². The number of para-hydroxylation sites is 1. The smallest absolute Gasteiger partial charge is 0.159 e. The van der Waals surface area contributed by atoms with Gasteiger partial charge in [0.05, 0.1) is 10.2 Å². The van der Waals surface area contributed by atoms with Crippen molar-refractivity contribution in [2.24, 2.45) is 0 Å². The first-order chi connectivity index (χ1) is 4.86. The molecule has 11 heavy (non-hydrogen) atoms. The molecule has 2 aromatic rings. The Kier molecular flexibility index (Phi) is 3.20. The standard InChI is InChI=1S/C7H5NS2.Cd/c9-7-8-5-3-1-2-4-6(5)10-7;/h1-4H,(H,8,9);. The van der Waals surface area contributed by atoms with E-state index in [-0.39, 0.29) is 27.3 Å². The summed E-state index contributed by atoms with van der Waals surface area (Å²) in [6, 6.07) is 8.11. The van der Waals surface area contributed by atoms with Crippen molar-refractivity contribution in [3.63, 3.8) is 0 Å². The molecule has 1 aromatic heterocycles. The minimum Gasteiger partial charge on any atom is -0.337 e. The van der Waals surface area contributed by atoms with Crippen molar-refractivity contribution in [3.05, 3.63) is 28.2 Å². The molecule has 1 nitrogen and oxygen atoms in total. The largest absolute Gasteiger partial charge is 0.337 e. The van der Waals surface area contributed by atoms with Gasteiger partial charge in [-0.3, -0.25) is 0 Å². The van der Waals surface area contributed by atoms with Gasteiger partial charge in [0.2, 0.25) is 0 Å². The second-order valence-electron chi connectivity index (χ2n) is 2.01. The molecule has 1 aromatic carbocycles. The van der Waals surface area contributed by atoms with Crippen LogP contribution >= 0.6 is 23.6 Å². The summed E-state index contributed by atoms with van der Waals surface area (Å²) in [6.45, 7) is 0. The van der Waals surface area contributed by atoms with Crippen LogP contribution in [-0.4, -0.2) is 4.98 Å². The normalized spacial score (nSPS) is 9.45. The number of thiazole rings is 1. The molecule has 0 radical (unpaired) electrons. The molecule has 0 atom stereocenters. The zero-order valence-electron chi connectivity index (χ0n) is 5.83. The second-order valence-corrected chi connectivity index (χ2v) is 3.73. The summed E-state index contributed by atoms with van der Waals surface area (Å²) in [5.41, 5.74) is 1.14.